The topological polar surface area (TPSA) is 78.3 Å². The fourth-order valence-electron chi connectivity index (χ4n) is 3.00. The highest BCUT2D eigenvalue weighted by Gasteiger charge is 2.20. The molecule has 2 aromatic carbocycles. The van der Waals surface area contributed by atoms with E-state index >= 15 is 0 Å². The standard InChI is InChI=1S/C23H25ClN4O3S/c1-5-12-28-22(16(3)31-19-9-7-18(30-4)8-10-19)26-27-23(28)32-14-21(29)25-20-11-6-17(24)13-15(20)2/h5-11,13,16H,1,12,14H2,2-4H3,(H,25,29). The van der Waals surface area contributed by atoms with Gasteiger partial charge in [0.15, 0.2) is 17.1 Å². The molecule has 32 heavy (non-hydrogen) atoms. The molecule has 3 aromatic rings. The number of aromatic nitrogens is 3. The summed E-state index contributed by atoms with van der Waals surface area (Å²) in [6.45, 7) is 8.11. The van der Waals surface area contributed by atoms with Crippen molar-refractivity contribution in [3.8, 4) is 11.5 Å². The molecule has 0 fully saturated rings. The smallest absolute Gasteiger partial charge is 0.234 e. The van der Waals surface area contributed by atoms with Crippen molar-refractivity contribution in [2.75, 3.05) is 18.2 Å². The van der Waals surface area contributed by atoms with Crippen molar-refractivity contribution in [1.29, 1.82) is 0 Å². The fraction of sp³-hybridized carbons (Fsp3) is 0.261. The normalized spacial score (nSPS) is 11.6. The molecule has 0 aliphatic carbocycles. The van der Waals surface area contributed by atoms with E-state index in [9.17, 15) is 4.79 Å². The first-order valence-corrected chi connectivity index (χ1v) is 11.3. The first-order valence-electron chi connectivity index (χ1n) is 9.94. The monoisotopic (exact) mass is 472 g/mol. The third-order valence-electron chi connectivity index (χ3n) is 4.59. The number of nitrogens with zero attached hydrogens (tertiary/aromatic N) is 3. The van der Waals surface area contributed by atoms with Crippen molar-refractivity contribution < 1.29 is 14.3 Å². The van der Waals surface area contributed by atoms with Crippen LogP contribution in [0.1, 0.15) is 24.4 Å². The van der Waals surface area contributed by atoms with Crippen molar-refractivity contribution in [2.24, 2.45) is 0 Å². The second kappa shape index (κ2) is 11.1. The minimum Gasteiger partial charge on any atom is -0.497 e. The van der Waals surface area contributed by atoms with Crippen molar-refractivity contribution in [3.63, 3.8) is 0 Å². The predicted molar refractivity (Wildman–Crippen MR) is 128 cm³/mol. The molecule has 168 valence electrons. The van der Waals surface area contributed by atoms with Crippen LogP contribution in [0.4, 0.5) is 5.69 Å². The van der Waals surface area contributed by atoms with Gasteiger partial charge in [-0.25, -0.2) is 0 Å². The average Bonchev–Trinajstić information content (AvgIpc) is 3.18. The van der Waals surface area contributed by atoms with E-state index in [1.807, 2.05) is 48.7 Å². The van der Waals surface area contributed by atoms with Crippen molar-refractivity contribution in [3.05, 3.63) is 71.5 Å². The van der Waals surface area contributed by atoms with Gasteiger partial charge in [-0.2, -0.15) is 0 Å². The van der Waals surface area contributed by atoms with Gasteiger partial charge in [0.25, 0.3) is 0 Å². The Morgan fingerprint density at radius 1 is 1.25 bits per heavy atom. The van der Waals surface area contributed by atoms with E-state index in [2.05, 4.69) is 22.1 Å². The van der Waals surface area contributed by atoms with Crippen molar-refractivity contribution >= 4 is 35.0 Å². The molecule has 1 unspecified atom stereocenters. The summed E-state index contributed by atoms with van der Waals surface area (Å²) in [5.74, 6) is 2.14. The van der Waals surface area contributed by atoms with Crippen molar-refractivity contribution in [2.45, 2.75) is 31.7 Å². The maximum Gasteiger partial charge on any atom is 0.234 e. The number of anilines is 1. The minimum absolute atomic E-state index is 0.141. The average molecular weight is 473 g/mol. The number of rotatable bonds is 10. The molecule has 0 saturated heterocycles. The molecule has 9 heteroatoms. The molecule has 3 rings (SSSR count). The highest BCUT2D eigenvalue weighted by atomic mass is 35.5. The van der Waals surface area contributed by atoms with Crippen LogP contribution in [-0.2, 0) is 11.3 Å². The Labute approximate surface area is 196 Å². The van der Waals surface area contributed by atoms with Gasteiger partial charge < -0.3 is 14.8 Å². The van der Waals surface area contributed by atoms with Gasteiger partial charge >= 0.3 is 0 Å². The summed E-state index contributed by atoms with van der Waals surface area (Å²) in [7, 11) is 1.62. The van der Waals surface area contributed by atoms with Gasteiger partial charge in [-0.3, -0.25) is 9.36 Å². The van der Waals surface area contributed by atoms with E-state index in [4.69, 9.17) is 21.1 Å². The summed E-state index contributed by atoms with van der Waals surface area (Å²) in [5.41, 5.74) is 1.63. The van der Waals surface area contributed by atoms with Gasteiger partial charge in [0.2, 0.25) is 5.91 Å². The van der Waals surface area contributed by atoms with Crippen LogP contribution >= 0.6 is 23.4 Å². The number of carbonyl (C=O) groups is 1. The summed E-state index contributed by atoms with van der Waals surface area (Å²) in [4.78, 5) is 12.4. The number of carbonyl (C=O) groups excluding carboxylic acids is 1. The first-order chi connectivity index (χ1) is 15.4. The van der Waals surface area contributed by atoms with Crippen LogP contribution in [0.25, 0.3) is 0 Å². The molecule has 1 amide bonds. The second-order valence-electron chi connectivity index (χ2n) is 6.97. The number of ether oxygens (including phenoxy) is 2. The Bertz CT molecular complexity index is 1090. The molecule has 0 spiro atoms. The minimum atomic E-state index is -0.351. The maximum atomic E-state index is 12.4. The Hall–Kier alpha value is -2.97. The molecule has 0 aliphatic rings. The summed E-state index contributed by atoms with van der Waals surface area (Å²) in [5, 5.41) is 12.7. The molecule has 1 heterocycles. The van der Waals surface area contributed by atoms with Crippen LogP contribution in [0.3, 0.4) is 0 Å². The summed E-state index contributed by atoms with van der Waals surface area (Å²) < 4.78 is 13.1. The first kappa shape index (κ1) is 23.7. The van der Waals surface area contributed by atoms with Crippen LogP contribution in [0.15, 0.2) is 60.3 Å². The number of hydrogen-bond acceptors (Lipinski definition) is 6. The molecule has 1 N–H and O–H groups in total. The third kappa shape index (κ3) is 6.05. The molecule has 7 nitrogen and oxygen atoms in total. The lowest BCUT2D eigenvalue weighted by Gasteiger charge is -2.16. The predicted octanol–water partition coefficient (Wildman–Crippen LogP) is 5.31. The van der Waals surface area contributed by atoms with Crippen LogP contribution in [0.2, 0.25) is 5.02 Å². The van der Waals surface area contributed by atoms with Gasteiger partial charge in [-0.15, -0.1) is 16.8 Å². The molecule has 1 atom stereocenters. The lowest BCUT2D eigenvalue weighted by atomic mass is 10.2. The van der Waals surface area contributed by atoms with E-state index in [1.165, 1.54) is 11.8 Å². The fourth-order valence-corrected chi connectivity index (χ4v) is 3.98. The Balaban J connectivity index is 1.66. The van der Waals surface area contributed by atoms with Crippen molar-refractivity contribution in [1.82, 2.24) is 14.8 Å². The molecule has 0 aliphatic heterocycles. The van der Waals surface area contributed by atoms with E-state index in [0.29, 0.717) is 28.3 Å². The van der Waals surface area contributed by atoms with Crippen LogP contribution in [-0.4, -0.2) is 33.5 Å². The SMILES string of the molecule is C=CCn1c(SCC(=O)Nc2ccc(Cl)cc2C)nnc1C(C)Oc1ccc(OC)cc1. The number of benzene rings is 2. The zero-order valence-corrected chi connectivity index (χ0v) is 19.7. The van der Waals surface area contributed by atoms with E-state index in [0.717, 1.165) is 17.0 Å². The number of allylic oxidation sites excluding steroid dienone is 1. The molecule has 0 saturated carbocycles. The van der Waals surface area contributed by atoms with Crippen LogP contribution < -0.4 is 14.8 Å². The molecule has 0 radical (unpaired) electrons. The highest BCUT2D eigenvalue weighted by molar-refractivity contribution is 7.99. The molecular weight excluding hydrogens is 448 g/mol. The van der Waals surface area contributed by atoms with Gasteiger partial charge in [-0.05, 0) is 61.9 Å². The van der Waals surface area contributed by atoms with Gasteiger partial charge in [0.05, 0.1) is 12.9 Å². The lowest BCUT2D eigenvalue weighted by Crippen LogP contribution is -2.16. The summed E-state index contributed by atoms with van der Waals surface area (Å²) in [6.07, 6.45) is 1.41. The highest BCUT2D eigenvalue weighted by Crippen LogP contribution is 2.26. The van der Waals surface area contributed by atoms with E-state index in [-0.39, 0.29) is 17.8 Å². The third-order valence-corrected chi connectivity index (χ3v) is 5.79. The number of halogens is 1. The molecule has 1 aromatic heterocycles. The quantitative estimate of drug-likeness (QED) is 0.318. The largest absolute Gasteiger partial charge is 0.497 e. The lowest BCUT2D eigenvalue weighted by molar-refractivity contribution is -0.113. The zero-order valence-electron chi connectivity index (χ0n) is 18.2. The Morgan fingerprint density at radius 3 is 2.62 bits per heavy atom. The van der Waals surface area contributed by atoms with E-state index in [1.54, 1.807) is 25.3 Å². The second-order valence-corrected chi connectivity index (χ2v) is 8.35. The number of hydrogen-bond donors (Lipinski definition) is 1. The van der Waals surface area contributed by atoms with Gasteiger partial charge in [-0.1, -0.05) is 29.4 Å². The molecule has 0 bridgehead atoms. The number of aryl methyl sites for hydroxylation is 1. The maximum absolute atomic E-state index is 12.4. The number of amides is 1. The summed E-state index contributed by atoms with van der Waals surface area (Å²) in [6, 6.07) is 12.7. The van der Waals surface area contributed by atoms with Gasteiger partial charge in [0, 0.05) is 17.3 Å². The Morgan fingerprint density at radius 2 is 1.97 bits per heavy atom. The van der Waals surface area contributed by atoms with Crippen LogP contribution in [0, 0.1) is 6.92 Å². The number of methoxy groups -OCH3 is 1. The summed E-state index contributed by atoms with van der Waals surface area (Å²) >= 11 is 7.28. The van der Waals surface area contributed by atoms with E-state index < -0.39 is 0 Å². The zero-order chi connectivity index (χ0) is 23.1. The van der Waals surface area contributed by atoms with Gasteiger partial charge in [0.1, 0.15) is 11.5 Å². The number of nitrogens with one attached hydrogen (secondary N) is 1. The van der Waals surface area contributed by atoms with Crippen LogP contribution in [0.5, 0.6) is 11.5 Å². The Kier molecular flexibility index (Phi) is 8.19. The molecular formula is C23H25ClN4O3S. The number of thioether (sulfide) groups is 1.